The maximum atomic E-state index is 12.2. The van der Waals surface area contributed by atoms with Crippen LogP contribution in [0.3, 0.4) is 0 Å². The van der Waals surface area contributed by atoms with Crippen LogP contribution in [0.4, 0.5) is 0 Å². The lowest BCUT2D eigenvalue weighted by molar-refractivity contribution is -0.131. The van der Waals surface area contributed by atoms with Crippen LogP contribution in [0.1, 0.15) is 44.2 Å². The lowest BCUT2D eigenvalue weighted by atomic mass is 10.3. The number of amides is 1. The summed E-state index contributed by atoms with van der Waals surface area (Å²) in [5, 5.41) is 2.85. The van der Waals surface area contributed by atoms with Gasteiger partial charge in [0.15, 0.2) is 6.29 Å². The van der Waals surface area contributed by atoms with E-state index < -0.39 is 6.29 Å². The van der Waals surface area contributed by atoms with Crippen LogP contribution >= 0.6 is 15.9 Å². The summed E-state index contributed by atoms with van der Waals surface area (Å²) in [7, 11) is 0. The van der Waals surface area contributed by atoms with Gasteiger partial charge in [-0.25, -0.2) is 0 Å². The van der Waals surface area contributed by atoms with E-state index in [9.17, 15) is 4.79 Å². The molecule has 6 heteroatoms. The standard InChI is InChI=1S/C14H23BrN2O3/c1-5-19-13(20-6-2)8-16-14(18)12-7-11(15)9-17(12)10(3)4/h7,9-10,13H,5-6,8H2,1-4H3,(H,16,18). The lowest BCUT2D eigenvalue weighted by Crippen LogP contribution is -2.36. The highest BCUT2D eigenvalue weighted by atomic mass is 79.9. The van der Waals surface area contributed by atoms with E-state index in [1.807, 2.05) is 44.5 Å². The number of carbonyl (C=O) groups is 1. The molecule has 1 N–H and O–H groups in total. The molecule has 0 spiro atoms. The van der Waals surface area contributed by atoms with Gasteiger partial charge in [0.2, 0.25) is 0 Å². The van der Waals surface area contributed by atoms with E-state index >= 15 is 0 Å². The lowest BCUT2D eigenvalue weighted by Gasteiger charge is -2.18. The minimum absolute atomic E-state index is 0.131. The average molecular weight is 347 g/mol. The third-order valence-corrected chi connectivity index (χ3v) is 3.17. The molecule has 0 aliphatic heterocycles. The number of hydrogen-bond donors (Lipinski definition) is 1. The Bertz CT molecular complexity index is 426. The van der Waals surface area contributed by atoms with Crippen molar-refractivity contribution in [3.63, 3.8) is 0 Å². The third-order valence-electron chi connectivity index (χ3n) is 2.74. The van der Waals surface area contributed by atoms with Crippen molar-refractivity contribution < 1.29 is 14.3 Å². The zero-order valence-electron chi connectivity index (χ0n) is 12.5. The summed E-state index contributed by atoms with van der Waals surface area (Å²) in [4.78, 5) is 12.2. The second-order valence-corrected chi connectivity index (χ2v) is 5.51. The van der Waals surface area contributed by atoms with E-state index in [2.05, 4.69) is 21.2 Å². The van der Waals surface area contributed by atoms with Crippen molar-refractivity contribution in [2.75, 3.05) is 19.8 Å². The van der Waals surface area contributed by atoms with Crippen LogP contribution in [0.5, 0.6) is 0 Å². The second-order valence-electron chi connectivity index (χ2n) is 4.59. The SMILES string of the molecule is CCOC(CNC(=O)c1cc(Br)cn1C(C)C)OCC. The molecule has 1 heterocycles. The Hall–Kier alpha value is -0.850. The minimum Gasteiger partial charge on any atom is -0.351 e. The van der Waals surface area contributed by atoms with Crippen LogP contribution in [-0.2, 0) is 9.47 Å². The molecule has 1 rings (SSSR count). The predicted octanol–water partition coefficient (Wildman–Crippen LogP) is 2.96. The van der Waals surface area contributed by atoms with Gasteiger partial charge in [-0.2, -0.15) is 0 Å². The topological polar surface area (TPSA) is 52.5 Å². The largest absolute Gasteiger partial charge is 0.351 e. The van der Waals surface area contributed by atoms with E-state index in [0.717, 1.165) is 4.47 Å². The monoisotopic (exact) mass is 346 g/mol. The molecular formula is C14H23BrN2O3. The van der Waals surface area contributed by atoms with Crippen molar-refractivity contribution in [3.05, 3.63) is 22.4 Å². The third kappa shape index (κ3) is 4.92. The molecule has 0 bridgehead atoms. The first-order valence-corrected chi connectivity index (χ1v) is 7.67. The fourth-order valence-corrected chi connectivity index (χ4v) is 2.30. The molecule has 0 saturated heterocycles. The van der Waals surface area contributed by atoms with Crippen LogP contribution < -0.4 is 5.32 Å². The van der Waals surface area contributed by atoms with E-state index in [-0.39, 0.29) is 11.9 Å². The Balaban J connectivity index is 2.66. The molecule has 1 amide bonds. The van der Waals surface area contributed by atoms with Crippen LogP contribution in [0, 0.1) is 0 Å². The van der Waals surface area contributed by atoms with Gasteiger partial charge in [0.1, 0.15) is 5.69 Å². The van der Waals surface area contributed by atoms with Gasteiger partial charge in [-0.3, -0.25) is 4.79 Å². The van der Waals surface area contributed by atoms with Gasteiger partial charge in [0.25, 0.3) is 5.91 Å². The summed E-state index contributed by atoms with van der Waals surface area (Å²) < 4.78 is 13.6. The molecule has 0 saturated carbocycles. The van der Waals surface area contributed by atoms with Gasteiger partial charge in [-0.1, -0.05) is 0 Å². The van der Waals surface area contributed by atoms with Crippen LogP contribution in [-0.4, -0.2) is 36.5 Å². The van der Waals surface area contributed by atoms with Crippen molar-refractivity contribution >= 4 is 21.8 Å². The summed E-state index contributed by atoms with van der Waals surface area (Å²) in [5.41, 5.74) is 0.624. The fourth-order valence-electron chi connectivity index (χ4n) is 1.86. The van der Waals surface area contributed by atoms with E-state index in [0.29, 0.717) is 25.5 Å². The normalized spacial score (nSPS) is 11.3. The van der Waals surface area contributed by atoms with Gasteiger partial charge in [0, 0.05) is 29.9 Å². The zero-order valence-corrected chi connectivity index (χ0v) is 14.1. The Morgan fingerprint density at radius 3 is 2.45 bits per heavy atom. The number of aromatic nitrogens is 1. The zero-order chi connectivity index (χ0) is 15.1. The molecule has 20 heavy (non-hydrogen) atoms. The summed E-state index contributed by atoms with van der Waals surface area (Å²) in [6, 6.07) is 2.03. The minimum atomic E-state index is -0.403. The Morgan fingerprint density at radius 2 is 1.95 bits per heavy atom. The number of ether oxygens (including phenoxy) is 2. The van der Waals surface area contributed by atoms with Gasteiger partial charge in [0.05, 0.1) is 6.54 Å². The van der Waals surface area contributed by atoms with E-state index in [4.69, 9.17) is 9.47 Å². The summed E-state index contributed by atoms with van der Waals surface area (Å²) in [6.45, 7) is 9.30. The number of carbonyl (C=O) groups excluding carboxylic acids is 1. The highest BCUT2D eigenvalue weighted by Gasteiger charge is 2.16. The smallest absolute Gasteiger partial charge is 0.268 e. The van der Waals surface area contributed by atoms with Gasteiger partial charge in [-0.15, -0.1) is 0 Å². The molecule has 0 aliphatic carbocycles. The Kier molecular flexibility index (Phi) is 7.26. The molecule has 1 aromatic heterocycles. The van der Waals surface area contributed by atoms with Gasteiger partial charge in [-0.05, 0) is 49.7 Å². The first-order valence-electron chi connectivity index (χ1n) is 6.88. The highest BCUT2D eigenvalue weighted by molar-refractivity contribution is 9.10. The maximum Gasteiger partial charge on any atom is 0.268 e. The van der Waals surface area contributed by atoms with Crippen LogP contribution in [0.25, 0.3) is 0 Å². The summed E-state index contributed by atoms with van der Waals surface area (Å²) >= 11 is 3.40. The molecule has 0 radical (unpaired) electrons. The van der Waals surface area contributed by atoms with Crippen LogP contribution in [0.2, 0.25) is 0 Å². The quantitative estimate of drug-likeness (QED) is 0.736. The number of nitrogens with zero attached hydrogens (tertiary/aromatic N) is 1. The Labute approximate surface area is 128 Å². The molecule has 1 aromatic rings. The Morgan fingerprint density at radius 1 is 1.35 bits per heavy atom. The molecule has 0 aliphatic rings. The van der Waals surface area contributed by atoms with Gasteiger partial charge < -0.3 is 19.4 Å². The van der Waals surface area contributed by atoms with Crippen molar-refractivity contribution in [2.45, 2.75) is 40.0 Å². The number of hydrogen-bond acceptors (Lipinski definition) is 3. The van der Waals surface area contributed by atoms with Gasteiger partial charge >= 0.3 is 0 Å². The van der Waals surface area contributed by atoms with Crippen molar-refractivity contribution in [1.29, 1.82) is 0 Å². The molecular weight excluding hydrogens is 324 g/mol. The average Bonchev–Trinajstić information content (AvgIpc) is 2.78. The van der Waals surface area contributed by atoms with Crippen molar-refractivity contribution in [1.82, 2.24) is 9.88 Å². The van der Waals surface area contributed by atoms with Crippen molar-refractivity contribution in [3.8, 4) is 0 Å². The van der Waals surface area contributed by atoms with E-state index in [1.165, 1.54) is 0 Å². The number of rotatable bonds is 8. The first kappa shape index (κ1) is 17.2. The fraction of sp³-hybridized carbons (Fsp3) is 0.643. The molecule has 5 nitrogen and oxygen atoms in total. The molecule has 0 atom stereocenters. The molecule has 0 unspecified atom stereocenters. The summed E-state index contributed by atoms with van der Waals surface area (Å²) in [6.07, 6.45) is 1.50. The van der Waals surface area contributed by atoms with E-state index in [1.54, 1.807) is 0 Å². The molecule has 0 aromatic carbocycles. The number of halogens is 1. The predicted molar refractivity (Wildman–Crippen MR) is 81.9 cm³/mol. The first-order chi connectivity index (χ1) is 9.49. The second kappa shape index (κ2) is 8.44. The highest BCUT2D eigenvalue weighted by Crippen LogP contribution is 2.19. The molecule has 114 valence electrons. The summed E-state index contributed by atoms with van der Waals surface area (Å²) in [5.74, 6) is -0.131. The number of nitrogens with one attached hydrogen (secondary N) is 1. The van der Waals surface area contributed by atoms with Crippen molar-refractivity contribution in [2.24, 2.45) is 0 Å². The molecule has 0 fully saturated rings. The maximum absolute atomic E-state index is 12.2. The van der Waals surface area contributed by atoms with Crippen LogP contribution in [0.15, 0.2) is 16.7 Å².